The van der Waals surface area contributed by atoms with Crippen LogP contribution >= 0.6 is 0 Å². The topological polar surface area (TPSA) is 61.8 Å². The lowest BCUT2D eigenvalue weighted by Gasteiger charge is -2.11. The number of nitrogens with one attached hydrogen (secondary N) is 1. The molecule has 3 N–H and O–H groups in total. The lowest BCUT2D eigenvalue weighted by atomic mass is 10.1. The number of nitrogens with zero attached hydrogens (tertiary/aromatic N) is 1. The van der Waals surface area contributed by atoms with Crippen LogP contribution in [0.2, 0.25) is 0 Å². The summed E-state index contributed by atoms with van der Waals surface area (Å²) < 4.78 is 0. The molecule has 1 aromatic rings. The molecule has 0 saturated heterocycles. The number of nitriles is 1. The molecule has 0 atom stereocenters. The predicted molar refractivity (Wildman–Crippen MR) is 63.5 cm³/mol. The molecule has 0 heterocycles. The molecule has 0 unspecified atom stereocenters. The summed E-state index contributed by atoms with van der Waals surface area (Å²) in [4.78, 5) is 0. The summed E-state index contributed by atoms with van der Waals surface area (Å²) in [6.07, 6.45) is 2.96. The van der Waals surface area contributed by atoms with Gasteiger partial charge < -0.3 is 11.1 Å². The van der Waals surface area contributed by atoms with Gasteiger partial charge in [-0.25, -0.2) is 0 Å². The van der Waals surface area contributed by atoms with Crippen LogP contribution in [0.3, 0.4) is 0 Å². The fourth-order valence-corrected chi connectivity index (χ4v) is 1.41. The van der Waals surface area contributed by atoms with E-state index < -0.39 is 0 Å². The quantitative estimate of drug-likeness (QED) is 0.567. The highest BCUT2D eigenvalue weighted by atomic mass is 14.9. The zero-order valence-electron chi connectivity index (χ0n) is 8.66. The summed E-state index contributed by atoms with van der Waals surface area (Å²) in [7, 11) is 0. The molecule has 0 amide bonds. The average molecular weight is 201 g/mol. The molecule has 0 aromatic heterocycles. The van der Waals surface area contributed by atoms with Crippen LogP contribution < -0.4 is 11.1 Å². The third kappa shape index (κ3) is 3.03. The van der Waals surface area contributed by atoms with Crippen LogP contribution in [0.25, 0.3) is 0 Å². The molecule has 78 valence electrons. The largest absolute Gasteiger partial charge is 0.398 e. The molecule has 0 aliphatic rings. The first-order chi connectivity index (χ1) is 7.29. The Bertz CT molecular complexity index is 377. The van der Waals surface area contributed by atoms with E-state index in [0.717, 1.165) is 16.9 Å². The van der Waals surface area contributed by atoms with Gasteiger partial charge in [-0.3, -0.25) is 0 Å². The van der Waals surface area contributed by atoms with Gasteiger partial charge in [-0.2, -0.15) is 5.26 Å². The molecule has 0 aliphatic carbocycles. The van der Waals surface area contributed by atoms with Gasteiger partial charge in [-0.05, 0) is 24.1 Å². The maximum Gasteiger partial charge on any atom is 0.0625 e. The molecular weight excluding hydrogens is 186 g/mol. The molecule has 15 heavy (non-hydrogen) atoms. The SMILES string of the molecule is C=CCNc1cccc(N)c1CCC#N. The molecule has 0 spiro atoms. The monoisotopic (exact) mass is 201 g/mol. The Balaban J connectivity index is 2.87. The summed E-state index contributed by atoms with van der Waals surface area (Å²) in [6, 6.07) is 7.84. The molecule has 3 nitrogen and oxygen atoms in total. The molecule has 0 aliphatic heterocycles. The number of hydrogen-bond donors (Lipinski definition) is 2. The second-order valence-electron chi connectivity index (χ2n) is 3.20. The highest BCUT2D eigenvalue weighted by Gasteiger charge is 2.04. The number of anilines is 2. The van der Waals surface area contributed by atoms with Crippen molar-refractivity contribution in [1.82, 2.24) is 0 Å². The summed E-state index contributed by atoms with van der Waals surface area (Å²) in [5, 5.41) is 11.8. The van der Waals surface area contributed by atoms with Gasteiger partial charge in [0, 0.05) is 24.3 Å². The van der Waals surface area contributed by atoms with Crippen molar-refractivity contribution in [3.05, 3.63) is 36.4 Å². The van der Waals surface area contributed by atoms with E-state index in [0.29, 0.717) is 19.4 Å². The van der Waals surface area contributed by atoms with Gasteiger partial charge in [0.15, 0.2) is 0 Å². The van der Waals surface area contributed by atoms with Crippen molar-refractivity contribution >= 4 is 11.4 Å². The van der Waals surface area contributed by atoms with Gasteiger partial charge in [0.1, 0.15) is 0 Å². The van der Waals surface area contributed by atoms with Gasteiger partial charge in [0.05, 0.1) is 6.07 Å². The second kappa shape index (κ2) is 5.71. The zero-order valence-corrected chi connectivity index (χ0v) is 8.66. The fourth-order valence-electron chi connectivity index (χ4n) is 1.41. The van der Waals surface area contributed by atoms with Crippen LogP contribution in [0.5, 0.6) is 0 Å². The maximum atomic E-state index is 8.56. The Kier molecular flexibility index (Phi) is 4.24. The molecule has 0 radical (unpaired) electrons. The minimum Gasteiger partial charge on any atom is -0.398 e. The second-order valence-corrected chi connectivity index (χ2v) is 3.20. The Morgan fingerprint density at radius 3 is 3.00 bits per heavy atom. The first-order valence-corrected chi connectivity index (χ1v) is 4.88. The van der Waals surface area contributed by atoms with Crippen LogP contribution in [0.4, 0.5) is 11.4 Å². The highest BCUT2D eigenvalue weighted by Crippen LogP contribution is 2.23. The van der Waals surface area contributed by atoms with E-state index in [2.05, 4.69) is 18.0 Å². The Morgan fingerprint density at radius 1 is 1.53 bits per heavy atom. The number of hydrogen-bond acceptors (Lipinski definition) is 3. The summed E-state index contributed by atoms with van der Waals surface area (Å²) in [5.74, 6) is 0. The van der Waals surface area contributed by atoms with E-state index in [-0.39, 0.29) is 0 Å². The number of benzene rings is 1. The van der Waals surface area contributed by atoms with Gasteiger partial charge >= 0.3 is 0 Å². The van der Waals surface area contributed by atoms with E-state index in [1.54, 1.807) is 6.08 Å². The van der Waals surface area contributed by atoms with Crippen molar-refractivity contribution in [1.29, 1.82) is 5.26 Å². The smallest absolute Gasteiger partial charge is 0.0625 e. The Labute approximate surface area is 90.2 Å². The van der Waals surface area contributed by atoms with Crippen molar-refractivity contribution in [3.8, 4) is 6.07 Å². The van der Waals surface area contributed by atoms with Crippen LogP contribution in [0.1, 0.15) is 12.0 Å². The van der Waals surface area contributed by atoms with Gasteiger partial charge in [-0.1, -0.05) is 12.1 Å². The van der Waals surface area contributed by atoms with E-state index in [9.17, 15) is 0 Å². The third-order valence-corrected chi connectivity index (χ3v) is 2.14. The number of nitrogen functional groups attached to an aromatic ring is 1. The molecular formula is C12H15N3. The van der Waals surface area contributed by atoms with Crippen LogP contribution in [-0.2, 0) is 6.42 Å². The van der Waals surface area contributed by atoms with Crippen molar-refractivity contribution < 1.29 is 0 Å². The maximum absolute atomic E-state index is 8.56. The third-order valence-electron chi connectivity index (χ3n) is 2.14. The molecule has 0 fully saturated rings. The lowest BCUT2D eigenvalue weighted by molar-refractivity contribution is 1.01. The van der Waals surface area contributed by atoms with E-state index in [1.807, 2.05) is 18.2 Å². The molecule has 0 bridgehead atoms. The van der Waals surface area contributed by atoms with Crippen LogP contribution in [0, 0.1) is 11.3 Å². The molecule has 0 saturated carbocycles. The van der Waals surface area contributed by atoms with E-state index in [4.69, 9.17) is 11.0 Å². The average Bonchev–Trinajstić information content (AvgIpc) is 2.25. The van der Waals surface area contributed by atoms with Gasteiger partial charge in [0.25, 0.3) is 0 Å². The lowest BCUT2D eigenvalue weighted by Crippen LogP contribution is -2.04. The minimum atomic E-state index is 0.483. The van der Waals surface area contributed by atoms with Gasteiger partial charge in [0.2, 0.25) is 0 Å². The molecule has 3 heteroatoms. The highest BCUT2D eigenvalue weighted by molar-refractivity contribution is 5.63. The van der Waals surface area contributed by atoms with Crippen LogP contribution in [0.15, 0.2) is 30.9 Å². The molecule has 1 rings (SSSR count). The minimum absolute atomic E-state index is 0.483. The summed E-state index contributed by atoms with van der Waals surface area (Å²) in [5.41, 5.74) is 8.60. The fraction of sp³-hybridized carbons (Fsp3) is 0.250. The van der Waals surface area contributed by atoms with E-state index >= 15 is 0 Å². The van der Waals surface area contributed by atoms with Crippen molar-refractivity contribution in [2.75, 3.05) is 17.6 Å². The van der Waals surface area contributed by atoms with Crippen LogP contribution in [-0.4, -0.2) is 6.54 Å². The first-order valence-electron chi connectivity index (χ1n) is 4.88. The zero-order chi connectivity index (χ0) is 11.1. The summed E-state index contributed by atoms with van der Waals surface area (Å²) in [6.45, 7) is 4.34. The predicted octanol–water partition coefficient (Wildman–Crippen LogP) is 2.32. The van der Waals surface area contributed by atoms with Gasteiger partial charge in [-0.15, -0.1) is 6.58 Å². The standard InChI is InChI=1S/C12H15N3/c1-2-9-15-12-7-3-6-11(14)10(12)5-4-8-13/h2-3,6-7,15H,1,4-5,9,14H2. The normalized spacial score (nSPS) is 9.27. The first kappa shape index (κ1) is 11.1. The Morgan fingerprint density at radius 2 is 2.33 bits per heavy atom. The number of nitrogens with two attached hydrogens (primary N) is 1. The van der Waals surface area contributed by atoms with Crippen molar-refractivity contribution in [2.24, 2.45) is 0 Å². The number of rotatable bonds is 5. The van der Waals surface area contributed by atoms with Crippen molar-refractivity contribution in [2.45, 2.75) is 12.8 Å². The Hall–Kier alpha value is -1.95. The summed E-state index contributed by atoms with van der Waals surface area (Å²) >= 11 is 0. The van der Waals surface area contributed by atoms with Crippen molar-refractivity contribution in [3.63, 3.8) is 0 Å². The molecule has 1 aromatic carbocycles. The van der Waals surface area contributed by atoms with E-state index in [1.165, 1.54) is 0 Å².